The van der Waals surface area contributed by atoms with Gasteiger partial charge in [0.25, 0.3) is 0 Å². The summed E-state index contributed by atoms with van der Waals surface area (Å²) in [6, 6.07) is 6.62. The summed E-state index contributed by atoms with van der Waals surface area (Å²) in [5, 5.41) is 8.80. The van der Waals surface area contributed by atoms with Crippen molar-refractivity contribution >= 4 is 17.1 Å². The minimum atomic E-state index is -1.24. The van der Waals surface area contributed by atoms with E-state index in [9.17, 15) is 14.0 Å². The highest BCUT2D eigenvalue weighted by Gasteiger charge is 2.15. The van der Waals surface area contributed by atoms with Gasteiger partial charge in [0.15, 0.2) is 5.65 Å². The third kappa shape index (κ3) is 1.76. The number of aromatic carboxylic acids is 1. The van der Waals surface area contributed by atoms with E-state index in [-0.39, 0.29) is 16.9 Å². The zero-order valence-corrected chi connectivity index (χ0v) is 10.0. The van der Waals surface area contributed by atoms with Crippen molar-refractivity contribution in [1.29, 1.82) is 0 Å². The molecule has 0 saturated carbocycles. The summed E-state index contributed by atoms with van der Waals surface area (Å²) in [7, 11) is 0. The maximum absolute atomic E-state index is 14.0. The van der Waals surface area contributed by atoms with Crippen LogP contribution in [0.15, 0.2) is 41.3 Å². The molecule has 7 heteroatoms. The molecule has 2 heterocycles. The second-order valence-electron chi connectivity index (χ2n) is 4.11. The fourth-order valence-electron chi connectivity index (χ4n) is 1.98. The monoisotopic (exact) mass is 273 g/mol. The number of nitrogens with zero attached hydrogens (tertiary/aromatic N) is 2. The van der Waals surface area contributed by atoms with Gasteiger partial charge in [0.2, 0.25) is 0 Å². The zero-order chi connectivity index (χ0) is 14.3. The summed E-state index contributed by atoms with van der Waals surface area (Å²) in [6.45, 7) is 0. The summed E-state index contributed by atoms with van der Waals surface area (Å²) in [4.78, 5) is 29.2. The molecule has 0 unspecified atom stereocenters. The fourth-order valence-corrected chi connectivity index (χ4v) is 1.98. The van der Waals surface area contributed by atoms with Crippen LogP contribution >= 0.6 is 0 Å². The molecule has 6 nitrogen and oxygen atoms in total. The first-order chi connectivity index (χ1) is 9.58. The molecule has 20 heavy (non-hydrogen) atoms. The van der Waals surface area contributed by atoms with Gasteiger partial charge in [0.1, 0.15) is 5.82 Å². The van der Waals surface area contributed by atoms with E-state index in [1.807, 2.05) is 0 Å². The van der Waals surface area contributed by atoms with Crippen LogP contribution in [0.25, 0.3) is 16.9 Å². The Balaban J connectivity index is 2.29. The van der Waals surface area contributed by atoms with Gasteiger partial charge in [-0.05, 0) is 30.3 Å². The van der Waals surface area contributed by atoms with Gasteiger partial charge >= 0.3 is 11.7 Å². The van der Waals surface area contributed by atoms with E-state index < -0.39 is 17.5 Å². The lowest BCUT2D eigenvalue weighted by Gasteiger charge is -2.05. The molecule has 0 radical (unpaired) electrons. The van der Waals surface area contributed by atoms with E-state index >= 15 is 0 Å². The molecule has 100 valence electrons. The third-order valence-electron chi connectivity index (χ3n) is 2.88. The number of halogens is 1. The Morgan fingerprint density at radius 2 is 2.15 bits per heavy atom. The van der Waals surface area contributed by atoms with E-state index in [1.165, 1.54) is 18.3 Å². The fraction of sp³-hybridized carbons (Fsp3) is 0. The number of carboxylic acids is 1. The molecule has 1 aromatic carbocycles. The number of pyridine rings is 1. The van der Waals surface area contributed by atoms with Crippen LogP contribution < -0.4 is 5.69 Å². The molecular weight excluding hydrogens is 265 g/mol. The molecule has 0 saturated heterocycles. The molecule has 0 amide bonds. The van der Waals surface area contributed by atoms with Crippen LogP contribution in [0.3, 0.4) is 0 Å². The first-order valence-electron chi connectivity index (χ1n) is 5.67. The van der Waals surface area contributed by atoms with Gasteiger partial charge in [-0.1, -0.05) is 0 Å². The maximum Gasteiger partial charge on any atom is 0.335 e. The van der Waals surface area contributed by atoms with E-state index in [4.69, 9.17) is 5.11 Å². The first-order valence-corrected chi connectivity index (χ1v) is 5.67. The Labute approximate surface area is 111 Å². The molecule has 3 rings (SSSR count). The van der Waals surface area contributed by atoms with Crippen molar-refractivity contribution in [3.63, 3.8) is 0 Å². The van der Waals surface area contributed by atoms with Crippen LogP contribution in [0.5, 0.6) is 0 Å². The number of benzene rings is 1. The van der Waals surface area contributed by atoms with Gasteiger partial charge in [0.05, 0.1) is 16.8 Å². The zero-order valence-electron chi connectivity index (χ0n) is 10.0. The van der Waals surface area contributed by atoms with Gasteiger partial charge in [-0.25, -0.2) is 23.5 Å². The van der Waals surface area contributed by atoms with E-state index in [1.54, 1.807) is 12.1 Å². The summed E-state index contributed by atoms with van der Waals surface area (Å²) in [5.41, 5.74) is -0.0311. The number of carbonyl (C=O) groups is 1. The van der Waals surface area contributed by atoms with Crippen LogP contribution in [0.2, 0.25) is 0 Å². The number of H-pyrrole nitrogens is 1. The van der Waals surface area contributed by atoms with Crippen molar-refractivity contribution in [1.82, 2.24) is 14.5 Å². The lowest BCUT2D eigenvalue weighted by Crippen LogP contribution is -2.16. The summed E-state index contributed by atoms with van der Waals surface area (Å²) < 4.78 is 15.1. The number of hydrogen-bond donors (Lipinski definition) is 2. The van der Waals surface area contributed by atoms with Crippen LogP contribution in [0.1, 0.15) is 10.4 Å². The molecule has 2 aromatic heterocycles. The Bertz CT molecular complexity index is 882. The maximum atomic E-state index is 14.0. The van der Waals surface area contributed by atoms with Gasteiger partial charge in [-0.15, -0.1) is 0 Å². The number of hydrogen-bond acceptors (Lipinski definition) is 3. The number of fused-ring (bicyclic) bond motifs is 1. The molecule has 0 aliphatic rings. The topological polar surface area (TPSA) is 88.0 Å². The highest BCUT2D eigenvalue weighted by atomic mass is 19.1. The van der Waals surface area contributed by atoms with Gasteiger partial charge in [-0.2, -0.15) is 0 Å². The number of imidazole rings is 1. The highest BCUT2D eigenvalue weighted by molar-refractivity contribution is 5.88. The third-order valence-corrected chi connectivity index (χ3v) is 2.88. The van der Waals surface area contributed by atoms with Crippen LogP contribution in [-0.4, -0.2) is 25.6 Å². The molecule has 0 aliphatic carbocycles. The summed E-state index contributed by atoms with van der Waals surface area (Å²) in [6.07, 6.45) is 1.48. The van der Waals surface area contributed by atoms with Crippen molar-refractivity contribution in [3.8, 4) is 5.69 Å². The van der Waals surface area contributed by atoms with Crippen molar-refractivity contribution < 1.29 is 14.3 Å². The number of aromatic amines is 1. The Morgan fingerprint density at radius 1 is 1.35 bits per heavy atom. The van der Waals surface area contributed by atoms with Crippen LogP contribution in [0.4, 0.5) is 4.39 Å². The molecular formula is C13H8FN3O3. The number of nitrogens with one attached hydrogen (secondary N) is 1. The standard InChI is InChI=1S/C13H8FN3O3/c14-8-6-7(12(18)19)3-4-10(8)17-11-9(16-13(17)20)2-1-5-15-11/h1-6H,(H,16,20)(H,18,19). The lowest BCUT2D eigenvalue weighted by atomic mass is 10.2. The molecule has 0 atom stereocenters. The van der Waals surface area contributed by atoms with E-state index in [2.05, 4.69) is 9.97 Å². The minimum Gasteiger partial charge on any atom is -0.478 e. The van der Waals surface area contributed by atoms with Crippen molar-refractivity contribution in [2.24, 2.45) is 0 Å². The van der Waals surface area contributed by atoms with Crippen LogP contribution in [-0.2, 0) is 0 Å². The lowest BCUT2D eigenvalue weighted by molar-refractivity contribution is 0.0696. The molecule has 0 fully saturated rings. The second-order valence-corrected chi connectivity index (χ2v) is 4.11. The summed E-state index contributed by atoms with van der Waals surface area (Å²) >= 11 is 0. The molecule has 2 N–H and O–H groups in total. The van der Waals surface area contributed by atoms with Crippen molar-refractivity contribution in [2.45, 2.75) is 0 Å². The van der Waals surface area contributed by atoms with Gasteiger partial charge < -0.3 is 10.1 Å². The number of aromatic nitrogens is 3. The normalized spacial score (nSPS) is 10.8. The molecule has 3 aromatic rings. The Kier molecular flexibility index (Phi) is 2.60. The predicted octanol–water partition coefficient (Wildman–Crippen LogP) is 1.55. The Hall–Kier alpha value is -2.96. The second kappa shape index (κ2) is 4.30. The average molecular weight is 273 g/mol. The predicted molar refractivity (Wildman–Crippen MR) is 68.6 cm³/mol. The van der Waals surface area contributed by atoms with E-state index in [0.717, 1.165) is 10.6 Å². The average Bonchev–Trinajstić information content (AvgIpc) is 2.74. The van der Waals surface area contributed by atoms with E-state index in [0.29, 0.717) is 5.52 Å². The van der Waals surface area contributed by atoms with Gasteiger partial charge in [0, 0.05) is 6.20 Å². The highest BCUT2D eigenvalue weighted by Crippen LogP contribution is 2.17. The first kappa shape index (κ1) is 12.1. The molecule has 0 aliphatic heterocycles. The number of rotatable bonds is 2. The van der Waals surface area contributed by atoms with Crippen molar-refractivity contribution in [3.05, 3.63) is 58.4 Å². The van der Waals surface area contributed by atoms with Gasteiger partial charge in [-0.3, -0.25) is 0 Å². The summed E-state index contributed by atoms with van der Waals surface area (Å²) in [5.74, 6) is -2.04. The Morgan fingerprint density at radius 3 is 2.85 bits per heavy atom. The molecule has 0 bridgehead atoms. The largest absolute Gasteiger partial charge is 0.478 e. The quantitative estimate of drug-likeness (QED) is 0.741. The van der Waals surface area contributed by atoms with Crippen molar-refractivity contribution in [2.75, 3.05) is 0 Å². The smallest absolute Gasteiger partial charge is 0.335 e. The minimum absolute atomic E-state index is 0.0510. The van der Waals surface area contributed by atoms with Crippen LogP contribution in [0, 0.1) is 5.82 Å². The number of carboxylic acid groups (broad SMARTS) is 1. The SMILES string of the molecule is O=C(O)c1ccc(-n2c(=O)[nH]c3cccnc32)c(F)c1. The molecule has 0 spiro atoms.